The minimum Gasteiger partial charge on any atom is -0.461 e. The summed E-state index contributed by atoms with van der Waals surface area (Å²) in [5.74, 6) is 1.40. The zero-order chi connectivity index (χ0) is 18.8. The number of fused-ring (bicyclic) bond motifs is 1. The van der Waals surface area contributed by atoms with E-state index in [4.69, 9.17) is 4.42 Å². The van der Waals surface area contributed by atoms with Crippen molar-refractivity contribution >= 4 is 44.4 Å². The number of thioether (sulfide) groups is 1. The molecule has 0 aliphatic heterocycles. The van der Waals surface area contributed by atoms with E-state index in [1.54, 1.807) is 6.26 Å². The SMILES string of the molecule is CC(C)n1c(SCC(=O)Nc2nc3ccccc3s2)nnc1-c1ccco1. The maximum absolute atomic E-state index is 12.3. The van der Waals surface area contributed by atoms with Gasteiger partial charge in [-0.2, -0.15) is 0 Å². The molecule has 3 aromatic heterocycles. The normalized spacial score (nSPS) is 11.4. The molecular weight excluding hydrogens is 382 g/mol. The van der Waals surface area contributed by atoms with Crippen molar-refractivity contribution in [1.29, 1.82) is 0 Å². The first-order chi connectivity index (χ1) is 13.1. The monoisotopic (exact) mass is 399 g/mol. The topological polar surface area (TPSA) is 85.8 Å². The summed E-state index contributed by atoms with van der Waals surface area (Å²) in [7, 11) is 0. The van der Waals surface area contributed by atoms with E-state index in [0.717, 1.165) is 10.2 Å². The fraction of sp³-hybridized carbons (Fsp3) is 0.222. The second kappa shape index (κ2) is 7.53. The number of aromatic nitrogens is 4. The van der Waals surface area contributed by atoms with Gasteiger partial charge in [0.2, 0.25) is 11.7 Å². The third-order valence-electron chi connectivity index (χ3n) is 3.80. The average molecular weight is 400 g/mol. The fourth-order valence-electron chi connectivity index (χ4n) is 2.63. The van der Waals surface area contributed by atoms with Crippen LogP contribution >= 0.6 is 23.1 Å². The van der Waals surface area contributed by atoms with Crippen molar-refractivity contribution in [2.45, 2.75) is 25.0 Å². The maximum atomic E-state index is 12.3. The molecule has 0 spiro atoms. The standard InChI is InChI=1S/C18H17N5O2S2/c1-11(2)23-16(13-7-5-9-25-13)21-22-18(23)26-10-15(24)20-17-19-12-6-3-4-8-14(12)27-17/h3-9,11H,10H2,1-2H3,(H,19,20,24). The van der Waals surface area contributed by atoms with Gasteiger partial charge in [-0.25, -0.2) is 4.98 Å². The molecule has 7 nitrogen and oxygen atoms in total. The van der Waals surface area contributed by atoms with Crippen molar-refractivity contribution in [3.8, 4) is 11.6 Å². The van der Waals surface area contributed by atoms with Crippen LogP contribution in [-0.2, 0) is 4.79 Å². The van der Waals surface area contributed by atoms with Crippen molar-refractivity contribution < 1.29 is 9.21 Å². The quantitative estimate of drug-likeness (QED) is 0.482. The Bertz CT molecular complexity index is 1040. The summed E-state index contributed by atoms with van der Waals surface area (Å²) in [4.78, 5) is 16.8. The van der Waals surface area contributed by atoms with Crippen LogP contribution in [0.25, 0.3) is 21.8 Å². The van der Waals surface area contributed by atoms with Gasteiger partial charge in [-0.15, -0.1) is 10.2 Å². The van der Waals surface area contributed by atoms with E-state index in [1.807, 2.05) is 54.8 Å². The number of anilines is 1. The first kappa shape index (κ1) is 17.7. The predicted molar refractivity (Wildman–Crippen MR) is 107 cm³/mol. The zero-order valence-electron chi connectivity index (χ0n) is 14.7. The van der Waals surface area contributed by atoms with Crippen LogP contribution in [0.15, 0.2) is 52.2 Å². The number of rotatable bonds is 6. The van der Waals surface area contributed by atoms with Crippen LogP contribution in [0, 0.1) is 0 Å². The van der Waals surface area contributed by atoms with E-state index in [0.29, 0.717) is 21.9 Å². The highest BCUT2D eigenvalue weighted by Crippen LogP contribution is 2.29. The van der Waals surface area contributed by atoms with Gasteiger partial charge in [-0.05, 0) is 38.1 Å². The van der Waals surface area contributed by atoms with E-state index in [-0.39, 0.29) is 17.7 Å². The van der Waals surface area contributed by atoms with Crippen molar-refractivity contribution in [2.75, 3.05) is 11.1 Å². The second-order valence-corrected chi connectivity index (χ2v) is 8.04. The van der Waals surface area contributed by atoms with Gasteiger partial charge in [0.25, 0.3) is 0 Å². The van der Waals surface area contributed by atoms with Crippen LogP contribution in [0.4, 0.5) is 5.13 Å². The van der Waals surface area contributed by atoms with Crippen LogP contribution in [0.1, 0.15) is 19.9 Å². The summed E-state index contributed by atoms with van der Waals surface area (Å²) in [5, 5.41) is 12.6. The molecule has 0 fully saturated rings. The van der Waals surface area contributed by atoms with Gasteiger partial charge in [0.1, 0.15) is 0 Å². The first-order valence-electron chi connectivity index (χ1n) is 8.39. The van der Waals surface area contributed by atoms with Crippen LogP contribution in [0.2, 0.25) is 0 Å². The number of carbonyl (C=O) groups is 1. The van der Waals surface area contributed by atoms with Crippen LogP contribution < -0.4 is 5.32 Å². The molecule has 0 aliphatic carbocycles. The fourth-order valence-corrected chi connectivity index (χ4v) is 4.38. The minimum absolute atomic E-state index is 0.128. The van der Waals surface area contributed by atoms with E-state index in [9.17, 15) is 4.79 Å². The lowest BCUT2D eigenvalue weighted by molar-refractivity contribution is -0.113. The van der Waals surface area contributed by atoms with Gasteiger partial charge in [-0.1, -0.05) is 35.2 Å². The summed E-state index contributed by atoms with van der Waals surface area (Å²) in [6.45, 7) is 4.09. The molecule has 9 heteroatoms. The summed E-state index contributed by atoms with van der Waals surface area (Å²) < 4.78 is 8.45. The van der Waals surface area contributed by atoms with Gasteiger partial charge in [0, 0.05) is 6.04 Å². The molecule has 0 aliphatic rings. The Kier molecular flexibility index (Phi) is 4.95. The molecule has 0 saturated carbocycles. The Morgan fingerprint density at radius 3 is 2.85 bits per heavy atom. The zero-order valence-corrected chi connectivity index (χ0v) is 16.4. The van der Waals surface area contributed by atoms with Crippen molar-refractivity contribution in [1.82, 2.24) is 19.7 Å². The molecule has 0 unspecified atom stereocenters. The van der Waals surface area contributed by atoms with E-state index >= 15 is 0 Å². The number of hydrogen-bond donors (Lipinski definition) is 1. The lowest BCUT2D eigenvalue weighted by atomic mass is 10.3. The number of para-hydroxylation sites is 1. The molecule has 4 rings (SSSR count). The average Bonchev–Trinajstić information content (AvgIpc) is 3.37. The molecular formula is C18H17N5O2S2. The van der Waals surface area contributed by atoms with Crippen molar-refractivity contribution in [2.24, 2.45) is 0 Å². The summed E-state index contributed by atoms with van der Waals surface area (Å²) >= 11 is 2.80. The Morgan fingerprint density at radius 2 is 2.11 bits per heavy atom. The smallest absolute Gasteiger partial charge is 0.236 e. The van der Waals surface area contributed by atoms with E-state index < -0.39 is 0 Å². The molecule has 1 aromatic carbocycles. The third kappa shape index (κ3) is 3.74. The molecule has 0 bridgehead atoms. The van der Waals surface area contributed by atoms with Gasteiger partial charge in [0.05, 0.1) is 22.2 Å². The molecule has 4 aromatic rings. The van der Waals surface area contributed by atoms with E-state index in [2.05, 4.69) is 20.5 Å². The van der Waals surface area contributed by atoms with Crippen LogP contribution in [0.5, 0.6) is 0 Å². The number of hydrogen-bond acceptors (Lipinski definition) is 7. The maximum Gasteiger partial charge on any atom is 0.236 e. The van der Waals surface area contributed by atoms with Crippen LogP contribution in [-0.4, -0.2) is 31.4 Å². The molecule has 138 valence electrons. The summed E-state index contributed by atoms with van der Waals surface area (Å²) in [5.41, 5.74) is 0.882. The molecule has 27 heavy (non-hydrogen) atoms. The van der Waals surface area contributed by atoms with Gasteiger partial charge in [-0.3, -0.25) is 9.36 Å². The Morgan fingerprint density at radius 1 is 1.26 bits per heavy atom. The Hall–Kier alpha value is -2.65. The third-order valence-corrected chi connectivity index (χ3v) is 5.69. The Labute approximate surface area is 163 Å². The molecule has 0 radical (unpaired) electrons. The molecule has 0 atom stereocenters. The highest BCUT2D eigenvalue weighted by atomic mass is 32.2. The van der Waals surface area contributed by atoms with Gasteiger partial charge < -0.3 is 9.73 Å². The lowest BCUT2D eigenvalue weighted by Gasteiger charge is -2.12. The van der Waals surface area contributed by atoms with Gasteiger partial charge >= 0.3 is 0 Å². The summed E-state index contributed by atoms with van der Waals surface area (Å²) in [6.07, 6.45) is 1.60. The molecule has 1 N–H and O–H groups in total. The second-order valence-electron chi connectivity index (χ2n) is 6.07. The predicted octanol–water partition coefficient (Wildman–Crippen LogP) is 4.46. The highest BCUT2D eigenvalue weighted by molar-refractivity contribution is 7.99. The lowest BCUT2D eigenvalue weighted by Crippen LogP contribution is -2.14. The molecule has 3 heterocycles. The largest absolute Gasteiger partial charge is 0.461 e. The number of thiazole rings is 1. The number of nitrogens with zero attached hydrogens (tertiary/aromatic N) is 4. The number of benzene rings is 1. The first-order valence-corrected chi connectivity index (χ1v) is 10.2. The Balaban J connectivity index is 1.46. The molecule has 1 amide bonds. The minimum atomic E-state index is -0.128. The van der Waals surface area contributed by atoms with E-state index in [1.165, 1.54) is 23.1 Å². The number of furan rings is 1. The van der Waals surface area contributed by atoms with Gasteiger partial charge in [0.15, 0.2) is 16.0 Å². The number of carbonyl (C=O) groups excluding carboxylic acids is 1. The summed E-state index contributed by atoms with van der Waals surface area (Å²) in [6, 6.07) is 11.6. The van der Waals surface area contributed by atoms with Crippen molar-refractivity contribution in [3.05, 3.63) is 42.7 Å². The van der Waals surface area contributed by atoms with Crippen LogP contribution in [0.3, 0.4) is 0 Å². The highest BCUT2D eigenvalue weighted by Gasteiger charge is 2.19. The number of amides is 1. The number of nitrogens with one attached hydrogen (secondary N) is 1. The molecule has 0 saturated heterocycles. The van der Waals surface area contributed by atoms with Crippen molar-refractivity contribution in [3.63, 3.8) is 0 Å².